The number of hydrogen-bond acceptors (Lipinski definition) is 9. The van der Waals surface area contributed by atoms with Gasteiger partial charge < -0.3 is 38.6 Å². The van der Waals surface area contributed by atoms with E-state index in [2.05, 4.69) is 16.9 Å². The summed E-state index contributed by atoms with van der Waals surface area (Å²) in [6.07, 6.45) is -4.42. The average Bonchev–Trinajstić information content (AvgIpc) is 2.81. The van der Waals surface area contributed by atoms with E-state index < -0.39 is 24.8 Å². The van der Waals surface area contributed by atoms with Crippen molar-refractivity contribution >= 4 is 0 Å². The second-order valence-corrected chi connectivity index (χ2v) is 10.1. The van der Waals surface area contributed by atoms with Crippen molar-refractivity contribution in [2.24, 2.45) is 34.7 Å². The third-order valence-electron chi connectivity index (χ3n) is 7.70. The van der Waals surface area contributed by atoms with Crippen molar-refractivity contribution in [1.29, 1.82) is 0 Å². The van der Waals surface area contributed by atoms with E-state index in [9.17, 15) is 10.2 Å². The second kappa shape index (κ2) is 12.3. The Morgan fingerprint density at radius 1 is 0.853 bits per heavy atom. The third-order valence-corrected chi connectivity index (χ3v) is 7.70. The summed E-state index contributed by atoms with van der Waals surface area (Å²) >= 11 is 0. The minimum atomic E-state index is -1.11. The van der Waals surface area contributed by atoms with Crippen LogP contribution in [0.5, 0.6) is 0 Å². The number of azide groups is 1. The van der Waals surface area contributed by atoms with Gasteiger partial charge in [-0.3, -0.25) is 0 Å². The highest BCUT2D eigenvalue weighted by atomic mass is 16.7. The zero-order valence-electron chi connectivity index (χ0n) is 21.0. The first-order chi connectivity index (χ1) is 16.1. The predicted molar refractivity (Wildman–Crippen MR) is 121 cm³/mol. The van der Waals surface area contributed by atoms with E-state index in [0.717, 1.165) is 0 Å². The van der Waals surface area contributed by atoms with Crippen LogP contribution in [-0.2, 0) is 28.4 Å². The minimum Gasteiger partial charge on any atom is -0.390 e. The SMILES string of the molecule is CC1O[C@@H](O[C@@H]2CO[C@@H](OCCN=[N+]=[N-])C(C)[C@H]2C)C(C)[C@@H](O[C@H]2OC[C@@H](C)[C@H](O)C2O)[C@@H]1C. The van der Waals surface area contributed by atoms with Gasteiger partial charge in [0, 0.05) is 35.1 Å². The van der Waals surface area contributed by atoms with Crippen LogP contribution in [0.4, 0.5) is 0 Å². The molecule has 34 heavy (non-hydrogen) atoms. The number of hydrogen-bond donors (Lipinski definition) is 2. The minimum absolute atomic E-state index is 0.0370. The molecule has 0 bridgehead atoms. The summed E-state index contributed by atoms with van der Waals surface area (Å²) in [6, 6.07) is 0. The predicted octanol–water partition coefficient (Wildman–Crippen LogP) is 2.44. The first kappa shape index (κ1) is 27.6. The van der Waals surface area contributed by atoms with Crippen LogP contribution >= 0.6 is 0 Å². The Morgan fingerprint density at radius 2 is 1.56 bits per heavy atom. The molecule has 13 atom stereocenters. The average molecular weight is 488 g/mol. The topological polar surface area (TPSA) is 145 Å². The Kier molecular flexibility index (Phi) is 9.97. The highest BCUT2D eigenvalue weighted by Gasteiger charge is 2.47. The van der Waals surface area contributed by atoms with Crippen molar-refractivity contribution in [2.45, 2.75) is 90.9 Å². The lowest BCUT2D eigenvalue weighted by Crippen LogP contribution is -2.57. The molecule has 0 aromatic carbocycles. The van der Waals surface area contributed by atoms with Crippen molar-refractivity contribution in [3.05, 3.63) is 10.4 Å². The normalized spacial score (nSPS) is 47.7. The molecule has 0 amide bonds. The number of aliphatic hydroxyl groups is 2. The van der Waals surface area contributed by atoms with Gasteiger partial charge >= 0.3 is 0 Å². The molecule has 3 heterocycles. The molecule has 4 unspecified atom stereocenters. The second-order valence-electron chi connectivity index (χ2n) is 10.1. The molecular formula is C23H41N3O8. The Balaban J connectivity index is 1.59. The third kappa shape index (κ3) is 6.21. The number of aliphatic hydroxyl groups excluding tert-OH is 2. The first-order valence-electron chi connectivity index (χ1n) is 12.3. The molecule has 11 nitrogen and oxygen atoms in total. The molecule has 3 saturated heterocycles. The van der Waals surface area contributed by atoms with Crippen molar-refractivity contribution in [3.63, 3.8) is 0 Å². The van der Waals surface area contributed by atoms with Crippen molar-refractivity contribution in [3.8, 4) is 0 Å². The van der Waals surface area contributed by atoms with E-state index >= 15 is 0 Å². The summed E-state index contributed by atoms with van der Waals surface area (Å²) in [7, 11) is 0. The van der Waals surface area contributed by atoms with E-state index in [0.29, 0.717) is 19.8 Å². The van der Waals surface area contributed by atoms with Crippen LogP contribution in [0.1, 0.15) is 41.5 Å². The Hall–Kier alpha value is -1.01. The Bertz CT molecular complexity index is 695. The molecule has 11 heteroatoms. The maximum Gasteiger partial charge on any atom is 0.186 e. The van der Waals surface area contributed by atoms with Crippen LogP contribution in [-0.4, -0.2) is 86.0 Å². The molecule has 0 aromatic heterocycles. The van der Waals surface area contributed by atoms with Gasteiger partial charge in [0.05, 0.1) is 44.2 Å². The number of nitrogens with zero attached hydrogens (tertiary/aromatic N) is 3. The lowest BCUT2D eigenvalue weighted by Gasteiger charge is -2.48. The summed E-state index contributed by atoms with van der Waals surface area (Å²) in [5.74, 6) is -0.0469. The largest absolute Gasteiger partial charge is 0.390 e. The molecule has 0 aromatic rings. The van der Waals surface area contributed by atoms with Crippen LogP contribution in [0.2, 0.25) is 0 Å². The fourth-order valence-electron chi connectivity index (χ4n) is 4.85. The Labute approximate surface area is 201 Å². The van der Waals surface area contributed by atoms with Gasteiger partial charge in [-0.05, 0) is 18.4 Å². The van der Waals surface area contributed by atoms with Crippen LogP contribution in [0.15, 0.2) is 5.11 Å². The molecule has 0 radical (unpaired) electrons. The number of rotatable bonds is 8. The molecule has 0 saturated carbocycles. The van der Waals surface area contributed by atoms with E-state index in [-0.39, 0.29) is 60.7 Å². The molecule has 3 aliphatic rings. The molecule has 3 aliphatic heterocycles. The summed E-state index contributed by atoms with van der Waals surface area (Å²) in [5, 5.41) is 24.2. The van der Waals surface area contributed by atoms with Crippen molar-refractivity contribution in [2.75, 3.05) is 26.4 Å². The van der Waals surface area contributed by atoms with Crippen LogP contribution in [0.25, 0.3) is 10.4 Å². The highest BCUT2D eigenvalue weighted by Crippen LogP contribution is 2.38. The van der Waals surface area contributed by atoms with E-state index in [1.54, 1.807) is 0 Å². The molecular weight excluding hydrogens is 446 g/mol. The van der Waals surface area contributed by atoms with Gasteiger partial charge in [-0.25, -0.2) is 0 Å². The molecule has 0 spiro atoms. The van der Waals surface area contributed by atoms with Gasteiger partial charge in [0.2, 0.25) is 0 Å². The van der Waals surface area contributed by atoms with Crippen LogP contribution in [0.3, 0.4) is 0 Å². The fraction of sp³-hybridized carbons (Fsp3) is 1.00. The summed E-state index contributed by atoms with van der Waals surface area (Å²) in [4.78, 5) is 2.73. The standard InChI is InChI=1S/C23H41N3O8/c1-11-9-30-23(19(28)18(11)27)34-20-14(4)16(6)32-22(15(20)5)33-17-10-31-21(13(3)12(17)2)29-8-7-25-26-24/h11-23,27-28H,7-10H2,1-6H3/t11-,12-,13?,14-,15?,16?,17-,18+,19?,20+,21-,22+,23-/m1/s1. The monoisotopic (exact) mass is 487 g/mol. The first-order valence-corrected chi connectivity index (χ1v) is 12.3. The quantitative estimate of drug-likeness (QED) is 0.230. The van der Waals surface area contributed by atoms with Gasteiger partial charge in [-0.2, -0.15) is 0 Å². The lowest BCUT2D eigenvalue weighted by atomic mass is 9.85. The number of ether oxygens (including phenoxy) is 6. The summed E-state index contributed by atoms with van der Waals surface area (Å²) < 4.78 is 36.2. The van der Waals surface area contributed by atoms with Gasteiger partial charge in [0.15, 0.2) is 18.9 Å². The van der Waals surface area contributed by atoms with Gasteiger partial charge in [0.1, 0.15) is 6.10 Å². The van der Waals surface area contributed by atoms with Gasteiger partial charge in [0.25, 0.3) is 0 Å². The molecule has 0 aliphatic carbocycles. The van der Waals surface area contributed by atoms with Gasteiger partial charge in [-0.1, -0.05) is 39.7 Å². The van der Waals surface area contributed by atoms with Crippen LogP contribution in [0, 0.1) is 29.6 Å². The maximum absolute atomic E-state index is 10.5. The zero-order valence-corrected chi connectivity index (χ0v) is 21.0. The van der Waals surface area contributed by atoms with Crippen molar-refractivity contribution < 1.29 is 38.6 Å². The van der Waals surface area contributed by atoms with E-state index in [1.165, 1.54) is 0 Å². The van der Waals surface area contributed by atoms with Gasteiger partial charge in [-0.15, -0.1) is 0 Å². The molecule has 3 rings (SSSR count). The fourth-order valence-corrected chi connectivity index (χ4v) is 4.85. The highest BCUT2D eigenvalue weighted by molar-refractivity contribution is 4.89. The molecule has 3 fully saturated rings. The zero-order chi connectivity index (χ0) is 25.0. The van der Waals surface area contributed by atoms with Crippen molar-refractivity contribution in [1.82, 2.24) is 0 Å². The van der Waals surface area contributed by atoms with Crippen LogP contribution < -0.4 is 0 Å². The molecule has 196 valence electrons. The summed E-state index contributed by atoms with van der Waals surface area (Å²) in [6.45, 7) is 13.3. The maximum atomic E-state index is 10.5. The molecule has 2 N–H and O–H groups in total. The smallest absolute Gasteiger partial charge is 0.186 e. The summed E-state index contributed by atoms with van der Waals surface area (Å²) in [5.41, 5.74) is 8.39. The van der Waals surface area contributed by atoms with E-state index in [4.69, 9.17) is 34.0 Å². The Morgan fingerprint density at radius 3 is 2.26 bits per heavy atom. The van der Waals surface area contributed by atoms with E-state index in [1.807, 2.05) is 34.6 Å². The lowest BCUT2D eigenvalue weighted by molar-refractivity contribution is -0.338.